The Balaban J connectivity index is 2.47. The van der Waals surface area contributed by atoms with Crippen LogP contribution in [0.5, 0.6) is 5.75 Å². The highest BCUT2D eigenvalue weighted by molar-refractivity contribution is 6.31. The minimum Gasteiger partial charge on any atom is -0.508 e. The van der Waals surface area contributed by atoms with Gasteiger partial charge >= 0.3 is 0 Å². The van der Waals surface area contributed by atoms with E-state index in [0.29, 0.717) is 11.6 Å². The van der Waals surface area contributed by atoms with Crippen LogP contribution in [0.15, 0.2) is 12.1 Å². The summed E-state index contributed by atoms with van der Waals surface area (Å²) in [4.78, 5) is 0. The molecule has 0 radical (unpaired) electrons. The van der Waals surface area contributed by atoms with Gasteiger partial charge in [0.25, 0.3) is 0 Å². The van der Waals surface area contributed by atoms with Gasteiger partial charge in [-0.05, 0) is 37.5 Å². The Morgan fingerprint density at radius 1 is 1.38 bits per heavy atom. The lowest BCUT2D eigenvalue weighted by atomic mass is 9.78. The molecule has 0 atom stereocenters. The monoisotopic (exact) mass is 239 g/mol. The van der Waals surface area contributed by atoms with Crippen molar-refractivity contribution in [3.63, 3.8) is 0 Å². The molecule has 1 aromatic carbocycles. The van der Waals surface area contributed by atoms with Gasteiger partial charge in [-0.25, -0.2) is 0 Å². The molecule has 16 heavy (non-hydrogen) atoms. The van der Waals surface area contributed by atoms with E-state index < -0.39 is 0 Å². The maximum absolute atomic E-state index is 9.83. The van der Waals surface area contributed by atoms with E-state index >= 15 is 0 Å². The van der Waals surface area contributed by atoms with E-state index in [1.165, 1.54) is 12.8 Å². The molecule has 0 aliphatic heterocycles. The van der Waals surface area contributed by atoms with Gasteiger partial charge in [0.2, 0.25) is 0 Å². The summed E-state index contributed by atoms with van der Waals surface area (Å²) in [5.74, 6) is 0.280. The summed E-state index contributed by atoms with van der Waals surface area (Å²) in [5.41, 5.74) is 7.79. The average Bonchev–Trinajstić information content (AvgIpc) is 2.75. The molecule has 3 N–H and O–H groups in total. The summed E-state index contributed by atoms with van der Waals surface area (Å²) < 4.78 is 0. The molecular formula is C13H18ClNO. The number of nitrogens with two attached hydrogens (primary N) is 1. The summed E-state index contributed by atoms with van der Waals surface area (Å²) >= 11 is 6.12. The maximum Gasteiger partial charge on any atom is 0.120 e. The molecule has 0 saturated heterocycles. The van der Waals surface area contributed by atoms with Crippen molar-refractivity contribution in [2.24, 2.45) is 5.73 Å². The lowest BCUT2D eigenvalue weighted by Crippen LogP contribution is -2.32. The van der Waals surface area contributed by atoms with E-state index in [-0.39, 0.29) is 11.2 Å². The Morgan fingerprint density at radius 2 is 2.00 bits per heavy atom. The molecule has 1 aromatic rings. The first kappa shape index (κ1) is 11.7. The molecule has 2 nitrogen and oxygen atoms in total. The Morgan fingerprint density at radius 3 is 2.50 bits per heavy atom. The van der Waals surface area contributed by atoms with Crippen LogP contribution in [-0.4, -0.2) is 11.7 Å². The number of rotatable bonds is 2. The summed E-state index contributed by atoms with van der Waals surface area (Å²) in [6.45, 7) is 2.46. The van der Waals surface area contributed by atoms with Crippen molar-refractivity contribution in [1.29, 1.82) is 0 Å². The van der Waals surface area contributed by atoms with Crippen molar-refractivity contribution < 1.29 is 5.11 Å². The van der Waals surface area contributed by atoms with Gasteiger partial charge in [-0.2, -0.15) is 0 Å². The van der Waals surface area contributed by atoms with Gasteiger partial charge in [-0.3, -0.25) is 0 Å². The normalized spacial score (nSPS) is 18.9. The molecule has 88 valence electrons. The van der Waals surface area contributed by atoms with Crippen LogP contribution in [-0.2, 0) is 5.41 Å². The van der Waals surface area contributed by atoms with E-state index in [1.807, 2.05) is 19.1 Å². The lowest BCUT2D eigenvalue weighted by Gasteiger charge is -2.28. The molecule has 0 spiro atoms. The number of benzene rings is 1. The third-order valence-electron chi connectivity index (χ3n) is 3.88. The summed E-state index contributed by atoms with van der Waals surface area (Å²) in [5, 5.41) is 10.5. The van der Waals surface area contributed by atoms with Crippen LogP contribution >= 0.6 is 11.6 Å². The van der Waals surface area contributed by atoms with Gasteiger partial charge < -0.3 is 10.8 Å². The second-order valence-electron chi connectivity index (χ2n) is 4.79. The molecule has 0 unspecified atom stereocenters. The molecule has 0 amide bonds. The average molecular weight is 240 g/mol. The van der Waals surface area contributed by atoms with Gasteiger partial charge in [0.15, 0.2) is 0 Å². The van der Waals surface area contributed by atoms with Crippen LogP contribution < -0.4 is 5.73 Å². The van der Waals surface area contributed by atoms with E-state index in [9.17, 15) is 5.11 Å². The first-order valence-corrected chi connectivity index (χ1v) is 6.16. The van der Waals surface area contributed by atoms with Crippen molar-refractivity contribution in [1.82, 2.24) is 0 Å². The molecule has 0 heterocycles. The SMILES string of the molecule is Cc1c(O)cc(C2(CN)CCCC2)cc1Cl. The topological polar surface area (TPSA) is 46.2 Å². The number of phenols is 1. The molecule has 1 saturated carbocycles. The minimum atomic E-state index is 0.0365. The Bertz CT molecular complexity index is 374. The van der Waals surface area contributed by atoms with Crippen LogP contribution in [0, 0.1) is 6.92 Å². The Kier molecular flexibility index (Phi) is 3.13. The molecule has 1 aliphatic rings. The second kappa shape index (κ2) is 4.27. The zero-order valence-electron chi connectivity index (χ0n) is 9.59. The zero-order valence-corrected chi connectivity index (χ0v) is 10.3. The number of phenolic OH excluding ortho intramolecular Hbond substituents is 1. The standard InChI is InChI=1S/C13H18ClNO/c1-9-11(14)6-10(7-12(9)16)13(8-15)4-2-3-5-13/h6-7,16H,2-5,8,15H2,1H3. The molecule has 2 rings (SSSR count). The highest BCUT2D eigenvalue weighted by Crippen LogP contribution is 2.42. The highest BCUT2D eigenvalue weighted by Gasteiger charge is 2.34. The fourth-order valence-electron chi connectivity index (χ4n) is 2.63. The molecule has 0 bridgehead atoms. The zero-order chi connectivity index (χ0) is 11.8. The Labute approximate surface area is 101 Å². The lowest BCUT2D eigenvalue weighted by molar-refractivity contribution is 0.440. The summed E-state index contributed by atoms with van der Waals surface area (Å²) in [6.07, 6.45) is 4.62. The molecule has 0 aromatic heterocycles. The molecule has 1 fully saturated rings. The van der Waals surface area contributed by atoms with E-state index in [4.69, 9.17) is 17.3 Å². The third kappa shape index (κ3) is 1.80. The Hall–Kier alpha value is -0.730. The fourth-order valence-corrected chi connectivity index (χ4v) is 2.85. The van der Waals surface area contributed by atoms with Gasteiger partial charge in [-0.1, -0.05) is 24.4 Å². The van der Waals surface area contributed by atoms with Crippen molar-refractivity contribution in [3.05, 3.63) is 28.3 Å². The van der Waals surface area contributed by atoms with E-state index in [1.54, 1.807) is 0 Å². The van der Waals surface area contributed by atoms with Gasteiger partial charge in [0, 0.05) is 22.5 Å². The van der Waals surface area contributed by atoms with E-state index in [0.717, 1.165) is 24.0 Å². The van der Waals surface area contributed by atoms with Crippen LogP contribution in [0.4, 0.5) is 0 Å². The van der Waals surface area contributed by atoms with Crippen LogP contribution in [0.1, 0.15) is 36.8 Å². The quantitative estimate of drug-likeness (QED) is 0.833. The van der Waals surface area contributed by atoms with Crippen LogP contribution in [0.2, 0.25) is 5.02 Å². The third-order valence-corrected chi connectivity index (χ3v) is 4.27. The number of aromatic hydroxyl groups is 1. The molecule has 1 aliphatic carbocycles. The van der Waals surface area contributed by atoms with Gasteiger partial charge in [-0.15, -0.1) is 0 Å². The van der Waals surface area contributed by atoms with Crippen molar-refractivity contribution in [2.45, 2.75) is 38.0 Å². The van der Waals surface area contributed by atoms with Crippen molar-refractivity contribution >= 4 is 11.6 Å². The van der Waals surface area contributed by atoms with Crippen molar-refractivity contribution in [3.8, 4) is 5.75 Å². The summed E-state index contributed by atoms with van der Waals surface area (Å²) in [6, 6.07) is 3.80. The second-order valence-corrected chi connectivity index (χ2v) is 5.20. The van der Waals surface area contributed by atoms with Crippen LogP contribution in [0.25, 0.3) is 0 Å². The first-order valence-electron chi connectivity index (χ1n) is 5.79. The predicted molar refractivity (Wildman–Crippen MR) is 67.1 cm³/mol. The van der Waals surface area contributed by atoms with Crippen molar-refractivity contribution in [2.75, 3.05) is 6.54 Å². The summed E-state index contributed by atoms with van der Waals surface area (Å²) in [7, 11) is 0. The maximum atomic E-state index is 9.83. The van der Waals surface area contributed by atoms with Gasteiger partial charge in [0.05, 0.1) is 0 Å². The minimum absolute atomic E-state index is 0.0365. The highest BCUT2D eigenvalue weighted by atomic mass is 35.5. The van der Waals surface area contributed by atoms with E-state index in [2.05, 4.69) is 0 Å². The fraction of sp³-hybridized carbons (Fsp3) is 0.538. The van der Waals surface area contributed by atoms with Gasteiger partial charge in [0.1, 0.15) is 5.75 Å². The largest absolute Gasteiger partial charge is 0.508 e. The number of hydrogen-bond donors (Lipinski definition) is 2. The number of halogens is 1. The smallest absolute Gasteiger partial charge is 0.120 e. The molecular weight excluding hydrogens is 222 g/mol. The first-order chi connectivity index (χ1) is 7.59. The predicted octanol–water partition coefficient (Wildman–Crippen LogP) is 3.12. The number of hydrogen-bond acceptors (Lipinski definition) is 2. The van der Waals surface area contributed by atoms with Crippen LogP contribution in [0.3, 0.4) is 0 Å². The molecule has 3 heteroatoms.